The van der Waals surface area contributed by atoms with Gasteiger partial charge in [0, 0.05) is 5.54 Å². The monoisotopic (exact) mass is 285 g/mol. The molecule has 5 heteroatoms. The molecular weight excluding hydrogens is 262 g/mol. The van der Waals surface area contributed by atoms with Crippen molar-refractivity contribution < 1.29 is 13.5 Å². The predicted molar refractivity (Wildman–Crippen MR) is 76.4 cm³/mol. The van der Waals surface area contributed by atoms with E-state index in [1.165, 1.54) is 0 Å². The molecule has 0 aromatic heterocycles. The van der Waals surface area contributed by atoms with Crippen molar-refractivity contribution in [3.8, 4) is 0 Å². The summed E-state index contributed by atoms with van der Waals surface area (Å²) < 4.78 is 27.7. The minimum atomic E-state index is -3.57. The van der Waals surface area contributed by atoms with E-state index in [-0.39, 0.29) is 11.5 Å². The van der Waals surface area contributed by atoms with Crippen LogP contribution in [0.4, 0.5) is 0 Å². The maximum atomic E-state index is 12.5. The van der Waals surface area contributed by atoms with Crippen LogP contribution in [0.15, 0.2) is 23.1 Å². The van der Waals surface area contributed by atoms with Crippen LogP contribution in [0.1, 0.15) is 44.7 Å². The molecule has 1 aromatic carbocycles. The molecule has 1 rings (SSSR count). The highest BCUT2D eigenvalue weighted by Gasteiger charge is 2.28. The molecule has 0 aliphatic heterocycles. The van der Waals surface area contributed by atoms with Crippen LogP contribution < -0.4 is 4.72 Å². The summed E-state index contributed by atoms with van der Waals surface area (Å²) in [6.45, 7) is 7.38. The minimum Gasteiger partial charge on any atom is -0.392 e. The summed E-state index contributed by atoms with van der Waals surface area (Å²) in [5.74, 6) is 0. The van der Waals surface area contributed by atoms with Crippen molar-refractivity contribution in [1.82, 2.24) is 4.72 Å². The maximum Gasteiger partial charge on any atom is 0.241 e. The van der Waals surface area contributed by atoms with Crippen molar-refractivity contribution in [1.29, 1.82) is 0 Å². The molecule has 0 atom stereocenters. The molecule has 108 valence electrons. The first kappa shape index (κ1) is 16.1. The molecule has 0 unspecified atom stereocenters. The second-order valence-corrected chi connectivity index (χ2v) is 6.72. The van der Waals surface area contributed by atoms with E-state index >= 15 is 0 Å². The number of benzene rings is 1. The van der Waals surface area contributed by atoms with Gasteiger partial charge in [-0.15, -0.1) is 0 Å². The van der Waals surface area contributed by atoms with Crippen LogP contribution in [0.25, 0.3) is 0 Å². The third kappa shape index (κ3) is 3.55. The quantitative estimate of drug-likeness (QED) is 0.843. The Kier molecular flexibility index (Phi) is 5.12. The van der Waals surface area contributed by atoms with Gasteiger partial charge in [-0.1, -0.05) is 26.0 Å². The van der Waals surface area contributed by atoms with Crippen LogP contribution >= 0.6 is 0 Å². The molecule has 2 N–H and O–H groups in total. The molecule has 0 amide bonds. The average molecular weight is 285 g/mol. The Labute approximate surface area is 115 Å². The minimum absolute atomic E-state index is 0.159. The predicted octanol–water partition coefficient (Wildman–Crippen LogP) is 2.34. The molecule has 0 radical (unpaired) electrons. The number of aliphatic hydroxyl groups excluding tert-OH is 1. The fourth-order valence-corrected chi connectivity index (χ4v) is 3.74. The van der Waals surface area contributed by atoms with Crippen LogP contribution in [0.5, 0.6) is 0 Å². The zero-order valence-electron chi connectivity index (χ0n) is 12.0. The lowest BCUT2D eigenvalue weighted by Crippen LogP contribution is -2.45. The van der Waals surface area contributed by atoms with Gasteiger partial charge in [0.2, 0.25) is 10.0 Å². The molecule has 1 aromatic rings. The highest BCUT2D eigenvalue weighted by Crippen LogP contribution is 2.23. The zero-order chi connectivity index (χ0) is 14.7. The van der Waals surface area contributed by atoms with E-state index in [2.05, 4.69) is 4.72 Å². The van der Waals surface area contributed by atoms with Crippen molar-refractivity contribution in [2.75, 3.05) is 0 Å². The summed E-state index contributed by atoms with van der Waals surface area (Å²) in [5.41, 5.74) is 0.796. The summed E-state index contributed by atoms with van der Waals surface area (Å²) >= 11 is 0. The van der Waals surface area contributed by atoms with Gasteiger partial charge >= 0.3 is 0 Å². The number of nitrogens with one attached hydrogen (secondary N) is 1. The fourth-order valence-electron chi connectivity index (χ4n) is 1.90. The van der Waals surface area contributed by atoms with Crippen molar-refractivity contribution in [2.45, 2.75) is 57.6 Å². The van der Waals surface area contributed by atoms with E-state index in [0.717, 1.165) is 12.8 Å². The van der Waals surface area contributed by atoms with Crippen LogP contribution in [0, 0.1) is 6.92 Å². The topological polar surface area (TPSA) is 66.4 Å². The summed E-state index contributed by atoms with van der Waals surface area (Å²) in [4.78, 5) is 0.243. The molecule has 0 saturated heterocycles. The Balaban J connectivity index is 3.22. The lowest BCUT2D eigenvalue weighted by atomic mass is 9.98. The molecule has 0 heterocycles. The number of rotatable bonds is 6. The molecule has 0 fully saturated rings. The van der Waals surface area contributed by atoms with Gasteiger partial charge in [-0.25, -0.2) is 13.1 Å². The molecular formula is C14H23NO3S. The van der Waals surface area contributed by atoms with Crippen LogP contribution in [0.3, 0.4) is 0 Å². The highest BCUT2D eigenvalue weighted by molar-refractivity contribution is 7.89. The smallest absolute Gasteiger partial charge is 0.241 e. The zero-order valence-corrected chi connectivity index (χ0v) is 12.8. The van der Waals surface area contributed by atoms with E-state index < -0.39 is 15.6 Å². The summed E-state index contributed by atoms with van der Waals surface area (Å²) in [5, 5.41) is 9.22. The van der Waals surface area contributed by atoms with Gasteiger partial charge in [-0.2, -0.15) is 0 Å². The summed E-state index contributed by atoms with van der Waals surface area (Å²) in [6.07, 6.45) is 1.45. The molecule has 0 bridgehead atoms. The van der Waals surface area contributed by atoms with Gasteiger partial charge in [0.05, 0.1) is 11.5 Å². The standard InChI is InChI=1S/C14H23NO3S/c1-5-14(4,6-2)15-19(17,18)13-9-7-8-12(10-16)11(13)3/h7-9,15-16H,5-6,10H2,1-4H3. The molecule has 19 heavy (non-hydrogen) atoms. The first-order valence-electron chi connectivity index (χ1n) is 6.53. The Bertz CT molecular complexity index is 534. The molecule has 0 aliphatic carbocycles. The third-order valence-electron chi connectivity index (χ3n) is 3.80. The Morgan fingerprint density at radius 1 is 1.26 bits per heavy atom. The van der Waals surface area contributed by atoms with Crippen molar-refractivity contribution in [2.24, 2.45) is 0 Å². The maximum absolute atomic E-state index is 12.5. The molecule has 0 aliphatic rings. The lowest BCUT2D eigenvalue weighted by Gasteiger charge is -2.28. The normalized spacial score (nSPS) is 12.7. The molecule has 4 nitrogen and oxygen atoms in total. The van der Waals surface area contributed by atoms with E-state index in [1.807, 2.05) is 20.8 Å². The van der Waals surface area contributed by atoms with Gasteiger partial charge < -0.3 is 5.11 Å². The fraction of sp³-hybridized carbons (Fsp3) is 0.571. The first-order valence-corrected chi connectivity index (χ1v) is 8.01. The molecule has 0 spiro atoms. The van der Waals surface area contributed by atoms with E-state index in [9.17, 15) is 13.5 Å². The van der Waals surface area contributed by atoms with Gasteiger partial charge in [0.1, 0.15) is 0 Å². The number of aliphatic hydroxyl groups is 1. The Morgan fingerprint density at radius 2 is 1.84 bits per heavy atom. The van der Waals surface area contributed by atoms with Crippen molar-refractivity contribution in [3.63, 3.8) is 0 Å². The SMILES string of the molecule is CCC(C)(CC)NS(=O)(=O)c1cccc(CO)c1C. The largest absolute Gasteiger partial charge is 0.392 e. The first-order chi connectivity index (χ1) is 8.79. The second kappa shape index (κ2) is 6.03. The van der Waals surface area contributed by atoms with Crippen LogP contribution in [0.2, 0.25) is 0 Å². The van der Waals surface area contributed by atoms with Crippen molar-refractivity contribution in [3.05, 3.63) is 29.3 Å². The average Bonchev–Trinajstić information content (AvgIpc) is 2.38. The number of hydrogen-bond acceptors (Lipinski definition) is 3. The van der Waals surface area contributed by atoms with E-state index in [1.54, 1.807) is 25.1 Å². The van der Waals surface area contributed by atoms with Gasteiger partial charge in [0.15, 0.2) is 0 Å². The van der Waals surface area contributed by atoms with E-state index in [0.29, 0.717) is 11.1 Å². The highest BCUT2D eigenvalue weighted by atomic mass is 32.2. The summed E-state index contributed by atoms with van der Waals surface area (Å²) in [7, 11) is -3.57. The van der Waals surface area contributed by atoms with Gasteiger partial charge in [0.25, 0.3) is 0 Å². The lowest BCUT2D eigenvalue weighted by molar-refractivity contribution is 0.280. The Morgan fingerprint density at radius 3 is 2.32 bits per heavy atom. The van der Waals surface area contributed by atoms with Gasteiger partial charge in [-0.3, -0.25) is 0 Å². The summed E-state index contributed by atoms with van der Waals surface area (Å²) in [6, 6.07) is 4.96. The van der Waals surface area contributed by atoms with Crippen molar-refractivity contribution >= 4 is 10.0 Å². The number of hydrogen-bond donors (Lipinski definition) is 2. The third-order valence-corrected chi connectivity index (χ3v) is 5.58. The molecule has 0 saturated carbocycles. The number of sulfonamides is 1. The van der Waals surface area contributed by atoms with E-state index in [4.69, 9.17) is 0 Å². The second-order valence-electron chi connectivity index (χ2n) is 5.07. The van der Waals surface area contributed by atoms with Crippen LogP contribution in [-0.4, -0.2) is 19.1 Å². The van der Waals surface area contributed by atoms with Crippen LogP contribution in [-0.2, 0) is 16.6 Å². The Hall–Kier alpha value is -0.910. The van der Waals surface area contributed by atoms with Gasteiger partial charge in [-0.05, 0) is 43.9 Å².